The number of rotatable bonds is 6. The first kappa shape index (κ1) is 13.4. The third-order valence-corrected chi connectivity index (χ3v) is 2.66. The van der Waals surface area contributed by atoms with E-state index in [-0.39, 0.29) is 5.97 Å². The van der Waals surface area contributed by atoms with Gasteiger partial charge in [0, 0.05) is 6.42 Å². The Bertz CT molecular complexity index is 396. The fourth-order valence-corrected chi connectivity index (χ4v) is 1.86. The summed E-state index contributed by atoms with van der Waals surface area (Å²) in [5.74, 6) is -0.302. The Balaban J connectivity index is 3.08. The van der Waals surface area contributed by atoms with Gasteiger partial charge in [0.15, 0.2) is 0 Å². The van der Waals surface area contributed by atoms with Gasteiger partial charge < -0.3 is 9.53 Å². The number of aldehydes is 1. The van der Waals surface area contributed by atoms with Crippen molar-refractivity contribution in [2.45, 2.75) is 33.1 Å². The maximum atomic E-state index is 11.8. The van der Waals surface area contributed by atoms with Crippen LogP contribution >= 0.6 is 0 Å². The zero-order valence-electron chi connectivity index (χ0n) is 10.4. The lowest BCUT2D eigenvalue weighted by molar-refractivity contribution is -0.107. The maximum absolute atomic E-state index is 11.8. The number of hydrogen-bond acceptors (Lipinski definition) is 3. The van der Waals surface area contributed by atoms with E-state index < -0.39 is 0 Å². The predicted octanol–water partition coefficient (Wildman–Crippen LogP) is 2.56. The van der Waals surface area contributed by atoms with Gasteiger partial charge in [-0.2, -0.15) is 0 Å². The highest BCUT2D eigenvalue weighted by Gasteiger charge is 2.14. The van der Waals surface area contributed by atoms with Crippen molar-refractivity contribution in [2.75, 3.05) is 6.61 Å². The van der Waals surface area contributed by atoms with Crippen molar-refractivity contribution in [1.82, 2.24) is 0 Å². The van der Waals surface area contributed by atoms with Crippen LogP contribution in [0.5, 0.6) is 0 Å². The molecule has 0 unspecified atom stereocenters. The molecule has 0 saturated carbocycles. The summed E-state index contributed by atoms with van der Waals surface area (Å²) < 4.78 is 5.02. The monoisotopic (exact) mass is 234 g/mol. The first-order valence-electron chi connectivity index (χ1n) is 5.96. The minimum Gasteiger partial charge on any atom is -0.462 e. The van der Waals surface area contributed by atoms with E-state index in [2.05, 4.69) is 0 Å². The van der Waals surface area contributed by atoms with Crippen LogP contribution in [0.15, 0.2) is 18.2 Å². The molecule has 0 N–H and O–H groups in total. The van der Waals surface area contributed by atoms with E-state index in [9.17, 15) is 9.59 Å². The van der Waals surface area contributed by atoms with Crippen LogP contribution in [0.2, 0.25) is 0 Å². The van der Waals surface area contributed by atoms with Crippen LogP contribution in [0, 0.1) is 0 Å². The summed E-state index contributed by atoms with van der Waals surface area (Å²) in [6.07, 6.45) is 2.76. The molecular weight excluding hydrogens is 216 g/mol. The molecule has 0 heterocycles. The topological polar surface area (TPSA) is 43.4 Å². The van der Waals surface area contributed by atoms with Gasteiger partial charge in [-0.25, -0.2) is 4.79 Å². The molecular formula is C14H18O3. The van der Waals surface area contributed by atoms with Crippen molar-refractivity contribution >= 4 is 12.3 Å². The van der Waals surface area contributed by atoms with Crippen LogP contribution in [0.25, 0.3) is 0 Å². The van der Waals surface area contributed by atoms with E-state index in [1.807, 2.05) is 19.1 Å². The zero-order valence-corrected chi connectivity index (χ0v) is 10.4. The van der Waals surface area contributed by atoms with Crippen molar-refractivity contribution in [3.63, 3.8) is 0 Å². The Hall–Kier alpha value is -1.64. The highest BCUT2D eigenvalue weighted by Crippen LogP contribution is 2.18. The van der Waals surface area contributed by atoms with Crippen LogP contribution in [0.4, 0.5) is 0 Å². The third-order valence-electron chi connectivity index (χ3n) is 2.66. The average molecular weight is 234 g/mol. The number of ether oxygens (including phenoxy) is 1. The zero-order chi connectivity index (χ0) is 12.7. The lowest BCUT2D eigenvalue weighted by atomic mass is 9.95. The second-order valence-corrected chi connectivity index (χ2v) is 3.72. The minimum absolute atomic E-state index is 0.302. The van der Waals surface area contributed by atoms with E-state index in [1.54, 1.807) is 13.0 Å². The molecule has 0 saturated heterocycles. The molecule has 0 aliphatic heterocycles. The third kappa shape index (κ3) is 3.41. The lowest BCUT2D eigenvalue weighted by Gasteiger charge is -2.12. The van der Waals surface area contributed by atoms with Crippen molar-refractivity contribution in [3.05, 3.63) is 34.9 Å². The lowest BCUT2D eigenvalue weighted by Crippen LogP contribution is -2.10. The molecule has 0 aliphatic rings. The Morgan fingerprint density at radius 1 is 1.35 bits per heavy atom. The molecule has 1 aromatic rings. The molecule has 0 fully saturated rings. The van der Waals surface area contributed by atoms with Crippen LogP contribution in [-0.2, 0) is 22.4 Å². The first-order valence-corrected chi connectivity index (χ1v) is 5.96. The molecule has 0 radical (unpaired) electrons. The van der Waals surface area contributed by atoms with Gasteiger partial charge >= 0.3 is 5.97 Å². The Labute approximate surface area is 102 Å². The molecule has 17 heavy (non-hydrogen) atoms. The second-order valence-electron chi connectivity index (χ2n) is 3.72. The fraction of sp³-hybridized carbons (Fsp3) is 0.429. The smallest absolute Gasteiger partial charge is 0.338 e. The number of aryl methyl sites for hydroxylation is 1. The molecule has 0 amide bonds. The van der Waals surface area contributed by atoms with Gasteiger partial charge in [0.05, 0.1) is 12.2 Å². The van der Waals surface area contributed by atoms with Gasteiger partial charge in [0.2, 0.25) is 0 Å². The van der Waals surface area contributed by atoms with Crippen LogP contribution < -0.4 is 0 Å². The number of carbonyl (C=O) groups excluding carboxylic acids is 2. The molecule has 0 aromatic heterocycles. The van der Waals surface area contributed by atoms with Gasteiger partial charge in [-0.15, -0.1) is 0 Å². The standard InChI is InChI=1S/C14H18O3/c1-3-11-7-5-8-13(14(16)17-4-2)12(11)9-6-10-15/h5,7-8,10H,3-4,6,9H2,1-2H3. The molecule has 92 valence electrons. The minimum atomic E-state index is -0.302. The van der Waals surface area contributed by atoms with Gasteiger partial charge in [-0.1, -0.05) is 19.1 Å². The van der Waals surface area contributed by atoms with E-state index in [4.69, 9.17) is 4.74 Å². The van der Waals surface area contributed by atoms with Crippen molar-refractivity contribution in [3.8, 4) is 0 Å². The van der Waals surface area contributed by atoms with Gasteiger partial charge in [-0.3, -0.25) is 0 Å². The van der Waals surface area contributed by atoms with Crippen LogP contribution in [0.3, 0.4) is 0 Å². The Kier molecular flexibility index (Phi) is 5.40. The van der Waals surface area contributed by atoms with Crippen LogP contribution in [-0.4, -0.2) is 18.9 Å². The van der Waals surface area contributed by atoms with E-state index in [0.717, 1.165) is 23.8 Å². The summed E-state index contributed by atoms with van der Waals surface area (Å²) in [6, 6.07) is 5.61. The fourth-order valence-electron chi connectivity index (χ4n) is 1.86. The normalized spacial score (nSPS) is 10.0. The summed E-state index contributed by atoms with van der Waals surface area (Å²) in [5.41, 5.74) is 2.64. The average Bonchev–Trinajstić information content (AvgIpc) is 2.36. The predicted molar refractivity (Wildman–Crippen MR) is 66.2 cm³/mol. The maximum Gasteiger partial charge on any atom is 0.338 e. The van der Waals surface area contributed by atoms with E-state index in [1.165, 1.54) is 0 Å². The van der Waals surface area contributed by atoms with Crippen molar-refractivity contribution < 1.29 is 14.3 Å². The van der Waals surface area contributed by atoms with Gasteiger partial charge in [-0.05, 0) is 37.0 Å². The summed E-state index contributed by atoms with van der Waals surface area (Å²) >= 11 is 0. The Morgan fingerprint density at radius 2 is 2.12 bits per heavy atom. The molecule has 3 heteroatoms. The second kappa shape index (κ2) is 6.84. The molecule has 1 aromatic carbocycles. The van der Waals surface area contributed by atoms with Crippen molar-refractivity contribution in [1.29, 1.82) is 0 Å². The molecule has 1 rings (SSSR count). The SMILES string of the molecule is CCOC(=O)c1cccc(CC)c1CCC=O. The summed E-state index contributed by atoms with van der Waals surface area (Å²) in [7, 11) is 0. The number of esters is 1. The number of hydrogen-bond donors (Lipinski definition) is 0. The molecule has 0 aliphatic carbocycles. The summed E-state index contributed by atoms with van der Waals surface area (Å²) in [4.78, 5) is 22.3. The number of benzene rings is 1. The molecule has 3 nitrogen and oxygen atoms in total. The highest BCUT2D eigenvalue weighted by atomic mass is 16.5. The molecule has 0 spiro atoms. The first-order chi connectivity index (χ1) is 8.24. The summed E-state index contributed by atoms with van der Waals surface area (Å²) in [5, 5.41) is 0. The summed E-state index contributed by atoms with van der Waals surface area (Å²) in [6.45, 7) is 4.18. The Morgan fingerprint density at radius 3 is 2.71 bits per heavy atom. The van der Waals surface area contributed by atoms with Gasteiger partial charge in [0.25, 0.3) is 0 Å². The van der Waals surface area contributed by atoms with E-state index >= 15 is 0 Å². The molecule has 0 bridgehead atoms. The van der Waals surface area contributed by atoms with Gasteiger partial charge in [0.1, 0.15) is 6.29 Å². The van der Waals surface area contributed by atoms with E-state index in [0.29, 0.717) is 25.0 Å². The largest absolute Gasteiger partial charge is 0.462 e. The molecule has 0 atom stereocenters. The quantitative estimate of drug-likeness (QED) is 0.561. The van der Waals surface area contributed by atoms with Crippen molar-refractivity contribution in [2.24, 2.45) is 0 Å². The van der Waals surface area contributed by atoms with Crippen LogP contribution in [0.1, 0.15) is 41.8 Å². The highest BCUT2D eigenvalue weighted by molar-refractivity contribution is 5.91. The number of carbonyl (C=O) groups is 2.